The van der Waals surface area contributed by atoms with Gasteiger partial charge in [-0.15, -0.1) is 0 Å². The van der Waals surface area contributed by atoms with Crippen LogP contribution in [-0.2, 0) is 9.59 Å². The van der Waals surface area contributed by atoms with E-state index < -0.39 is 11.9 Å². The van der Waals surface area contributed by atoms with Gasteiger partial charge in [-0.2, -0.15) is 0 Å². The van der Waals surface area contributed by atoms with Gasteiger partial charge < -0.3 is 10.2 Å². The first-order valence-electron chi connectivity index (χ1n) is 6.93. The fraction of sp³-hybridized carbons (Fsp3) is 0.467. The highest BCUT2D eigenvalue weighted by molar-refractivity contribution is 6.31. The molecule has 1 aliphatic heterocycles. The second-order valence-corrected chi connectivity index (χ2v) is 6.05. The minimum atomic E-state index is -0.581. The molecule has 1 N–H and O–H groups in total. The van der Waals surface area contributed by atoms with E-state index in [0.29, 0.717) is 12.1 Å². The molecule has 114 valence electrons. The van der Waals surface area contributed by atoms with Gasteiger partial charge in [0.05, 0.1) is 0 Å². The van der Waals surface area contributed by atoms with E-state index in [-0.39, 0.29) is 35.7 Å². The van der Waals surface area contributed by atoms with Crippen molar-refractivity contribution in [3.05, 3.63) is 29.0 Å². The number of halogens is 2. The maximum atomic E-state index is 13.5. The van der Waals surface area contributed by atoms with Crippen LogP contribution >= 0.6 is 11.6 Å². The minimum absolute atomic E-state index is 0.168. The lowest BCUT2D eigenvalue weighted by Gasteiger charge is -2.25. The van der Waals surface area contributed by atoms with Crippen molar-refractivity contribution in [2.24, 2.45) is 5.92 Å². The molecule has 0 bridgehead atoms. The van der Waals surface area contributed by atoms with Crippen LogP contribution in [0.15, 0.2) is 18.2 Å². The van der Waals surface area contributed by atoms with Gasteiger partial charge in [0.25, 0.3) is 0 Å². The van der Waals surface area contributed by atoms with Crippen LogP contribution in [0.25, 0.3) is 0 Å². The summed E-state index contributed by atoms with van der Waals surface area (Å²) in [5, 5.41) is 2.96. The summed E-state index contributed by atoms with van der Waals surface area (Å²) < 4.78 is 13.5. The predicted molar refractivity (Wildman–Crippen MR) is 79.8 cm³/mol. The molecule has 0 saturated carbocycles. The van der Waals surface area contributed by atoms with E-state index in [2.05, 4.69) is 5.32 Å². The van der Waals surface area contributed by atoms with Gasteiger partial charge in [-0.1, -0.05) is 25.4 Å². The van der Waals surface area contributed by atoms with Crippen LogP contribution in [0.1, 0.15) is 26.7 Å². The quantitative estimate of drug-likeness (QED) is 0.933. The van der Waals surface area contributed by atoms with E-state index in [1.54, 1.807) is 0 Å². The molecule has 1 aromatic rings. The summed E-state index contributed by atoms with van der Waals surface area (Å²) in [5.74, 6) is -0.639. The third-order valence-electron chi connectivity index (χ3n) is 3.33. The highest BCUT2D eigenvalue weighted by atomic mass is 35.5. The number of carbonyl (C=O) groups is 2. The van der Waals surface area contributed by atoms with Gasteiger partial charge >= 0.3 is 0 Å². The van der Waals surface area contributed by atoms with E-state index >= 15 is 0 Å². The maximum Gasteiger partial charge on any atom is 0.249 e. The van der Waals surface area contributed by atoms with E-state index in [9.17, 15) is 14.0 Å². The Morgan fingerprint density at radius 2 is 2.10 bits per heavy atom. The van der Waals surface area contributed by atoms with E-state index in [0.717, 1.165) is 0 Å². The number of carbonyl (C=O) groups excluding carboxylic acids is 2. The Morgan fingerprint density at radius 3 is 2.71 bits per heavy atom. The normalized spacial score (nSPS) is 19.7. The Hall–Kier alpha value is -1.62. The Kier molecular flexibility index (Phi) is 4.83. The van der Waals surface area contributed by atoms with Crippen molar-refractivity contribution in [1.29, 1.82) is 0 Å². The van der Waals surface area contributed by atoms with E-state index in [1.807, 2.05) is 13.8 Å². The van der Waals surface area contributed by atoms with Crippen LogP contribution in [0.3, 0.4) is 0 Å². The van der Waals surface area contributed by atoms with Crippen LogP contribution in [0.4, 0.5) is 10.1 Å². The summed E-state index contributed by atoms with van der Waals surface area (Å²) in [6, 6.07) is 3.39. The van der Waals surface area contributed by atoms with Gasteiger partial charge in [0, 0.05) is 23.7 Å². The van der Waals surface area contributed by atoms with Gasteiger partial charge in [0.15, 0.2) is 0 Å². The number of hydrogen-bond donors (Lipinski definition) is 1. The second-order valence-electron chi connectivity index (χ2n) is 5.62. The van der Waals surface area contributed by atoms with Gasteiger partial charge in [-0.3, -0.25) is 9.59 Å². The fourth-order valence-corrected chi connectivity index (χ4v) is 2.64. The molecule has 6 heteroatoms. The number of anilines is 1. The first-order chi connectivity index (χ1) is 9.86. The lowest BCUT2D eigenvalue weighted by Crippen LogP contribution is -2.45. The molecule has 4 nitrogen and oxygen atoms in total. The summed E-state index contributed by atoms with van der Waals surface area (Å²) in [7, 11) is 0. The first kappa shape index (κ1) is 15.8. The number of rotatable bonds is 3. The van der Waals surface area contributed by atoms with Crippen molar-refractivity contribution in [3.8, 4) is 0 Å². The number of nitrogens with one attached hydrogen (secondary N) is 1. The summed E-state index contributed by atoms with van der Waals surface area (Å²) in [6.45, 7) is 4.18. The molecular formula is C15H18ClFN2O2. The molecular weight excluding hydrogens is 295 g/mol. The molecule has 1 fully saturated rings. The van der Waals surface area contributed by atoms with E-state index in [1.165, 1.54) is 23.1 Å². The van der Waals surface area contributed by atoms with Crippen molar-refractivity contribution in [2.75, 3.05) is 11.4 Å². The Morgan fingerprint density at radius 1 is 1.38 bits per heavy atom. The molecule has 1 aromatic carbocycles. The van der Waals surface area contributed by atoms with Crippen molar-refractivity contribution in [2.45, 2.75) is 32.7 Å². The molecule has 0 radical (unpaired) electrons. The fourth-order valence-electron chi connectivity index (χ4n) is 2.42. The topological polar surface area (TPSA) is 49.4 Å². The molecule has 1 atom stereocenters. The van der Waals surface area contributed by atoms with Gasteiger partial charge in [-0.25, -0.2) is 4.39 Å². The standard InChI is InChI=1S/C15H18ClFN2O2/c1-9(2)5-13-15(21)19(4-3-14(20)18-13)12-7-10(16)6-11(17)8-12/h6-9,13H,3-5H2,1-2H3,(H,18,20). The number of benzene rings is 1. The molecule has 1 unspecified atom stereocenters. The third kappa shape index (κ3) is 3.94. The van der Waals surface area contributed by atoms with Crippen LogP contribution in [0.5, 0.6) is 0 Å². The smallest absolute Gasteiger partial charge is 0.249 e. The van der Waals surface area contributed by atoms with Gasteiger partial charge in [0.1, 0.15) is 11.9 Å². The molecule has 2 amide bonds. The minimum Gasteiger partial charge on any atom is -0.344 e. The molecule has 0 aromatic heterocycles. The Labute approximate surface area is 128 Å². The van der Waals surface area contributed by atoms with Gasteiger partial charge in [0.2, 0.25) is 11.8 Å². The molecule has 0 spiro atoms. The molecule has 1 saturated heterocycles. The summed E-state index contributed by atoms with van der Waals surface area (Å²) in [5.41, 5.74) is 0.384. The summed E-state index contributed by atoms with van der Waals surface area (Å²) in [6.07, 6.45) is 0.735. The predicted octanol–water partition coefficient (Wildman–Crippen LogP) is 2.75. The number of nitrogens with zero attached hydrogens (tertiary/aromatic N) is 1. The van der Waals surface area contributed by atoms with Crippen LogP contribution < -0.4 is 10.2 Å². The van der Waals surface area contributed by atoms with Crippen molar-refractivity contribution in [1.82, 2.24) is 5.32 Å². The van der Waals surface area contributed by atoms with Crippen molar-refractivity contribution in [3.63, 3.8) is 0 Å². The second kappa shape index (κ2) is 6.43. The van der Waals surface area contributed by atoms with Crippen LogP contribution in [-0.4, -0.2) is 24.4 Å². The summed E-state index contributed by atoms with van der Waals surface area (Å²) in [4.78, 5) is 25.8. The number of amides is 2. The van der Waals surface area contributed by atoms with Crippen molar-refractivity contribution >= 4 is 29.1 Å². The van der Waals surface area contributed by atoms with Crippen molar-refractivity contribution < 1.29 is 14.0 Å². The maximum absolute atomic E-state index is 13.5. The number of hydrogen-bond acceptors (Lipinski definition) is 2. The Balaban J connectivity index is 2.32. The van der Waals surface area contributed by atoms with Crippen LogP contribution in [0.2, 0.25) is 5.02 Å². The SMILES string of the molecule is CC(C)CC1NC(=O)CCN(c2cc(F)cc(Cl)c2)C1=O. The zero-order valence-electron chi connectivity index (χ0n) is 12.0. The lowest BCUT2D eigenvalue weighted by atomic mass is 10.0. The average Bonchev–Trinajstić information content (AvgIpc) is 2.48. The zero-order valence-corrected chi connectivity index (χ0v) is 12.8. The summed E-state index contributed by atoms with van der Waals surface area (Å²) >= 11 is 5.85. The molecule has 21 heavy (non-hydrogen) atoms. The third-order valence-corrected chi connectivity index (χ3v) is 3.55. The Bertz CT molecular complexity index is 542. The highest BCUT2D eigenvalue weighted by Crippen LogP contribution is 2.24. The zero-order chi connectivity index (χ0) is 15.6. The monoisotopic (exact) mass is 312 g/mol. The first-order valence-corrected chi connectivity index (χ1v) is 7.31. The van der Waals surface area contributed by atoms with E-state index in [4.69, 9.17) is 11.6 Å². The highest BCUT2D eigenvalue weighted by Gasteiger charge is 2.31. The largest absolute Gasteiger partial charge is 0.344 e. The molecule has 1 heterocycles. The average molecular weight is 313 g/mol. The van der Waals surface area contributed by atoms with Gasteiger partial charge in [-0.05, 0) is 30.5 Å². The molecule has 2 rings (SSSR count). The lowest BCUT2D eigenvalue weighted by molar-refractivity contribution is -0.125. The van der Waals surface area contributed by atoms with Crippen LogP contribution in [0, 0.1) is 11.7 Å². The molecule has 1 aliphatic rings. The molecule has 0 aliphatic carbocycles.